The minimum atomic E-state index is 0.778. The van der Waals surface area contributed by atoms with Crippen LogP contribution in [-0.2, 0) is 0 Å². The van der Waals surface area contributed by atoms with Crippen LogP contribution < -0.4 is 10.5 Å². The van der Waals surface area contributed by atoms with Gasteiger partial charge >= 0.3 is 0 Å². The Balaban J connectivity index is 2.28. The topological polar surface area (TPSA) is 35.2 Å². The predicted molar refractivity (Wildman–Crippen MR) is 74.5 cm³/mol. The Morgan fingerprint density at radius 3 is 2.47 bits per heavy atom. The molecule has 0 amide bonds. The summed E-state index contributed by atoms with van der Waals surface area (Å²) in [5, 5.41) is 0. The Hall–Kier alpha value is -1.48. The molecule has 0 saturated heterocycles. The number of halogens is 1. The zero-order chi connectivity index (χ0) is 12.4. The molecule has 0 saturated carbocycles. The molecule has 0 heterocycles. The number of anilines is 1. The van der Waals surface area contributed by atoms with Crippen LogP contribution in [0.15, 0.2) is 40.9 Å². The van der Waals surface area contributed by atoms with Crippen molar-refractivity contribution in [3.8, 4) is 11.5 Å². The van der Waals surface area contributed by atoms with Crippen molar-refractivity contribution in [1.82, 2.24) is 0 Å². The number of nitrogens with two attached hydrogens (primary N) is 1. The molecule has 2 aromatic rings. The van der Waals surface area contributed by atoms with Crippen molar-refractivity contribution in [3.05, 3.63) is 52.0 Å². The Morgan fingerprint density at radius 1 is 1.06 bits per heavy atom. The highest BCUT2D eigenvalue weighted by atomic mass is 79.9. The highest BCUT2D eigenvalue weighted by Gasteiger charge is 2.04. The fraction of sp³-hybridized carbons (Fsp3) is 0.143. The van der Waals surface area contributed by atoms with Gasteiger partial charge in [-0.15, -0.1) is 0 Å². The lowest BCUT2D eigenvalue weighted by Crippen LogP contribution is -1.91. The maximum atomic E-state index is 5.80. The zero-order valence-electron chi connectivity index (χ0n) is 9.83. The van der Waals surface area contributed by atoms with Crippen LogP contribution in [-0.4, -0.2) is 0 Å². The van der Waals surface area contributed by atoms with Crippen molar-refractivity contribution in [2.45, 2.75) is 13.8 Å². The highest BCUT2D eigenvalue weighted by Crippen LogP contribution is 2.31. The van der Waals surface area contributed by atoms with E-state index in [9.17, 15) is 0 Å². The van der Waals surface area contributed by atoms with Gasteiger partial charge < -0.3 is 10.5 Å². The van der Waals surface area contributed by atoms with E-state index in [1.54, 1.807) is 0 Å². The third-order valence-corrected chi connectivity index (χ3v) is 3.18. The zero-order valence-corrected chi connectivity index (χ0v) is 11.4. The molecule has 0 radical (unpaired) electrons. The normalized spacial score (nSPS) is 10.3. The largest absolute Gasteiger partial charge is 0.456 e. The van der Waals surface area contributed by atoms with Crippen LogP contribution in [0.5, 0.6) is 11.5 Å². The van der Waals surface area contributed by atoms with Gasteiger partial charge in [-0.3, -0.25) is 0 Å². The Bertz CT molecular complexity index is 552. The van der Waals surface area contributed by atoms with Gasteiger partial charge in [-0.2, -0.15) is 0 Å². The second kappa shape index (κ2) is 4.80. The number of rotatable bonds is 2. The third kappa shape index (κ3) is 2.80. The van der Waals surface area contributed by atoms with Crippen LogP contribution in [0.3, 0.4) is 0 Å². The Morgan fingerprint density at radius 2 is 1.82 bits per heavy atom. The molecule has 0 spiro atoms. The van der Waals surface area contributed by atoms with Crippen molar-refractivity contribution in [2.24, 2.45) is 0 Å². The molecule has 0 bridgehead atoms. The van der Waals surface area contributed by atoms with E-state index in [4.69, 9.17) is 10.5 Å². The highest BCUT2D eigenvalue weighted by molar-refractivity contribution is 9.10. The molecule has 0 fully saturated rings. The fourth-order valence-electron chi connectivity index (χ4n) is 1.53. The summed E-state index contributed by atoms with van der Waals surface area (Å²) in [6.07, 6.45) is 0. The summed E-state index contributed by atoms with van der Waals surface area (Å²) < 4.78 is 6.75. The van der Waals surface area contributed by atoms with Gasteiger partial charge in [-0.05, 0) is 71.2 Å². The van der Waals surface area contributed by atoms with Crippen molar-refractivity contribution < 1.29 is 4.74 Å². The van der Waals surface area contributed by atoms with Gasteiger partial charge in [-0.1, -0.05) is 6.07 Å². The third-order valence-electron chi connectivity index (χ3n) is 2.56. The minimum Gasteiger partial charge on any atom is -0.456 e. The molecule has 88 valence electrons. The summed E-state index contributed by atoms with van der Waals surface area (Å²) in [6.45, 7) is 4.01. The molecular weight excluding hydrogens is 278 g/mol. The van der Waals surface area contributed by atoms with Crippen molar-refractivity contribution in [1.29, 1.82) is 0 Å². The monoisotopic (exact) mass is 291 g/mol. The predicted octanol–water partition coefficient (Wildman–Crippen LogP) is 4.44. The van der Waals surface area contributed by atoms with Gasteiger partial charge in [0.25, 0.3) is 0 Å². The molecule has 2 nitrogen and oxygen atoms in total. The Kier molecular flexibility index (Phi) is 3.38. The summed E-state index contributed by atoms with van der Waals surface area (Å²) >= 11 is 3.49. The quantitative estimate of drug-likeness (QED) is 0.830. The summed E-state index contributed by atoms with van der Waals surface area (Å²) in [7, 11) is 0. The van der Waals surface area contributed by atoms with E-state index in [1.807, 2.05) is 50.2 Å². The molecule has 3 heteroatoms. The molecular formula is C14H14BrNO. The SMILES string of the molecule is Cc1ccc(Oc2ccc(N)c(C)c2)c(Br)c1. The molecule has 0 aromatic heterocycles. The molecule has 17 heavy (non-hydrogen) atoms. The first kappa shape index (κ1) is 12.0. The van der Waals surface area contributed by atoms with Gasteiger partial charge in [0.2, 0.25) is 0 Å². The lowest BCUT2D eigenvalue weighted by atomic mass is 10.2. The van der Waals surface area contributed by atoms with Crippen molar-refractivity contribution in [2.75, 3.05) is 5.73 Å². The van der Waals surface area contributed by atoms with E-state index >= 15 is 0 Å². The maximum absolute atomic E-state index is 5.80. The van der Waals surface area contributed by atoms with Crippen LogP contribution in [0.4, 0.5) is 5.69 Å². The van der Waals surface area contributed by atoms with Crippen LogP contribution in [0, 0.1) is 13.8 Å². The fourth-order valence-corrected chi connectivity index (χ4v) is 2.10. The van der Waals surface area contributed by atoms with E-state index in [0.717, 1.165) is 27.2 Å². The molecule has 2 aromatic carbocycles. The minimum absolute atomic E-state index is 0.778. The van der Waals surface area contributed by atoms with Crippen LogP contribution in [0.2, 0.25) is 0 Å². The molecule has 0 unspecified atom stereocenters. The number of aryl methyl sites for hydroxylation is 2. The van der Waals surface area contributed by atoms with Gasteiger partial charge in [0.1, 0.15) is 11.5 Å². The number of nitrogen functional groups attached to an aromatic ring is 1. The van der Waals surface area contributed by atoms with E-state index in [1.165, 1.54) is 5.56 Å². The smallest absolute Gasteiger partial charge is 0.141 e. The molecule has 2 rings (SSSR count). The average Bonchev–Trinajstić information content (AvgIpc) is 2.27. The van der Waals surface area contributed by atoms with Crippen molar-refractivity contribution in [3.63, 3.8) is 0 Å². The molecule has 0 aliphatic heterocycles. The lowest BCUT2D eigenvalue weighted by molar-refractivity contribution is 0.479. The first-order valence-corrected chi connectivity index (χ1v) is 6.15. The first-order chi connectivity index (χ1) is 8.06. The van der Waals surface area contributed by atoms with Gasteiger partial charge in [-0.25, -0.2) is 0 Å². The Labute approximate surface area is 110 Å². The van der Waals surface area contributed by atoms with Gasteiger partial charge in [0.05, 0.1) is 4.47 Å². The first-order valence-electron chi connectivity index (χ1n) is 5.36. The molecule has 0 aliphatic carbocycles. The van der Waals surface area contributed by atoms with E-state index in [2.05, 4.69) is 15.9 Å². The van der Waals surface area contributed by atoms with E-state index in [0.29, 0.717) is 0 Å². The average molecular weight is 292 g/mol. The number of hydrogen-bond acceptors (Lipinski definition) is 2. The number of hydrogen-bond donors (Lipinski definition) is 1. The summed E-state index contributed by atoms with van der Waals surface area (Å²) in [5.74, 6) is 1.60. The second-order valence-corrected chi connectivity index (χ2v) is 4.91. The van der Waals surface area contributed by atoms with Gasteiger partial charge in [0.15, 0.2) is 0 Å². The van der Waals surface area contributed by atoms with Crippen LogP contribution in [0.1, 0.15) is 11.1 Å². The van der Waals surface area contributed by atoms with Crippen LogP contribution >= 0.6 is 15.9 Å². The van der Waals surface area contributed by atoms with E-state index < -0.39 is 0 Å². The second-order valence-electron chi connectivity index (χ2n) is 4.05. The summed E-state index contributed by atoms with van der Waals surface area (Å²) in [5.41, 5.74) is 8.76. The number of benzene rings is 2. The molecule has 0 atom stereocenters. The lowest BCUT2D eigenvalue weighted by Gasteiger charge is -2.09. The summed E-state index contributed by atoms with van der Waals surface area (Å²) in [6, 6.07) is 11.7. The number of ether oxygens (including phenoxy) is 1. The molecule has 0 aliphatic rings. The molecule has 2 N–H and O–H groups in total. The van der Waals surface area contributed by atoms with Gasteiger partial charge in [0, 0.05) is 5.69 Å². The standard InChI is InChI=1S/C14H14BrNO/c1-9-3-6-14(12(15)7-9)17-11-4-5-13(16)10(2)8-11/h3-8H,16H2,1-2H3. The van der Waals surface area contributed by atoms with Crippen LogP contribution in [0.25, 0.3) is 0 Å². The maximum Gasteiger partial charge on any atom is 0.141 e. The van der Waals surface area contributed by atoms with Crippen molar-refractivity contribution >= 4 is 21.6 Å². The summed E-state index contributed by atoms with van der Waals surface area (Å²) in [4.78, 5) is 0. The van der Waals surface area contributed by atoms with E-state index in [-0.39, 0.29) is 0 Å².